The van der Waals surface area contributed by atoms with Crippen LogP contribution in [0.2, 0.25) is 0 Å². The van der Waals surface area contributed by atoms with Gasteiger partial charge in [0, 0.05) is 21.4 Å². The third kappa shape index (κ3) is 4.38. The zero-order valence-corrected chi connectivity index (χ0v) is 18.2. The second kappa shape index (κ2) is 8.43. The second-order valence-corrected chi connectivity index (χ2v) is 8.84. The van der Waals surface area contributed by atoms with Crippen LogP contribution in [-0.2, 0) is 4.79 Å². The van der Waals surface area contributed by atoms with Crippen LogP contribution in [0.3, 0.4) is 0 Å². The van der Waals surface area contributed by atoms with Crippen molar-refractivity contribution in [3.63, 3.8) is 0 Å². The van der Waals surface area contributed by atoms with Crippen LogP contribution in [0.4, 0.5) is 11.4 Å². The molecule has 4 nitrogen and oxygen atoms in total. The first-order valence-electron chi connectivity index (χ1n) is 9.18. The summed E-state index contributed by atoms with van der Waals surface area (Å²) in [6, 6.07) is 22.9. The fourth-order valence-electron chi connectivity index (χ4n) is 3.30. The van der Waals surface area contributed by atoms with Gasteiger partial charge >= 0.3 is 0 Å². The van der Waals surface area contributed by atoms with E-state index in [1.165, 1.54) is 0 Å². The minimum absolute atomic E-state index is 0.0925. The molecule has 3 aromatic rings. The van der Waals surface area contributed by atoms with E-state index in [2.05, 4.69) is 21.2 Å². The van der Waals surface area contributed by atoms with Crippen molar-refractivity contribution >= 4 is 50.9 Å². The van der Waals surface area contributed by atoms with E-state index in [-0.39, 0.29) is 17.2 Å². The van der Waals surface area contributed by atoms with Crippen molar-refractivity contribution in [3.8, 4) is 0 Å². The van der Waals surface area contributed by atoms with Crippen LogP contribution in [0.1, 0.15) is 26.9 Å². The Labute approximate surface area is 182 Å². The number of aryl methyl sites for hydroxylation is 1. The Morgan fingerprint density at radius 2 is 1.83 bits per heavy atom. The van der Waals surface area contributed by atoms with Gasteiger partial charge in [0.1, 0.15) is 5.37 Å². The van der Waals surface area contributed by atoms with Crippen molar-refractivity contribution < 1.29 is 9.59 Å². The molecule has 0 spiro atoms. The van der Waals surface area contributed by atoms with Crippen LogP contribution in [-0.4, -0.2) is 17.6 Å². The summed E-state index contributed by atoms with van der Waals surface area (Å²) in [5.74, 6) is 0.365. The number of thioether (sulfide) groups is 1. The van der Waals surface area contributed by atoms with E-state index < -0.39 is 0 Å². The second-order valence-electron chi connectivity index (χ2n) is 6.85. The number of hydrogen-bond acceptors (Lipinski definition) is 3. The Balaban J connectivity index is 1.58. The topological polar surface area (TPSA) is 49.4 Å². The Morgan fingerprint density at radius 1 is 1.07 bits per heavy atom. The zero-order valence-electron chi connectivity index (χ0n) is 15.8. The van der Waals surface area contributed by atoms with Crippen molar-refractivity contribution in [1.82, 2.24) is 0 Å². The van der Waals surface area contributed by atoms with Gasteiger partial charge in [-0.1, -0.05) is 40.2 Å². The van der Waals surface area contributed by atoms with Crippen molar-refractivity contribution in [2.45, 2.75) is 12.3 Å². The van der Waals surface area contributed by atoms with E-state index in [1.54, 1.807) is 23.9 Å². The Hall–Kier alpha value is -2.57. The van der Waals surface area contributed by atoms with Crippen LogP contribution in [0.25, 0.3) is 0 Å². The van der Waals surface area contributed by atoms with Crippen molar-refractivity contribution in [1.29, 1.82) is 0 Å². The molecule has 0 radical (unpaired) electrons. The van der Waals surface area contributed by atoms with Crippen LogP contribution in [0.5, 0.6) is 0 Å². The zero-order chi connectivity index (χ0) is 20.4. The maximum Gasteiger partial charge on any atom is 0.255 e. The van der Waals surface area contributed by atoms with Gasteiger partial charge in [0.05, 0.1) is 5.75 Å². The summed E-state index contributed by atoms with van der Waals surface area (Å²) in [6.07, 6.45) is 0. The monoisotopic (exact) mass is 466 g/mol. The number of benzene rings is 3. The van der Waals surface area contributed by atoms with E-state index >= 15 is 0 Å². The highest BCUT2D eigenvalue weighted by Crippen LogP contribution is 2.42. The molecule has 1 N–H and O–H groups in total. The summed E-state index contributed by atoms with van der Waals surface area (Å²) in [7, 11) is 0. The lowest BCUT2D eigenvalue weighted by Gasteiger charge is -2.25. The number of rotatable bonds is 4. The van der Waals surface area contributed by atoms with Crippen LogP contribution in [0.15, 0.2) is 77.3 Å². The largest absolute Gasteiger partial charge is 0.322 e. The Morgan fingerprint density at radius 3 is 2.59 bits per heavy atom. The summed E-state index contributed by atoms with van der Waals surface area (Å²) >= 11 is 4.97. The molecule has 3 aromatic carbocycles. The first-order valence-corrected chi connectivity index (χ1v) is 11.0. The van der Waals surface area contributed by atoms with Crippen molar-refractivity contribution in [2.24, 2.45) is 0 Å². The van der Waals surface area contributed by atoms with Gasteiger partial charge in [-0.15, -0.1) is 11.8 Å². The molecule has 0 aromatic heterocycles. The number of amides is 2. The fraction of sp³-hybridized carbons (Fsp3) is 0.130. The van der Waals surface area contributed by atoms with Gasteiger partial charge in [0.25, 0.3) is 5.91 Å². The van der Waals surface area contributed by atoms with Gasteiger partial charge in [-0.05, 0) is 66.6 Å². The Bertz CT molecular complexity index is 1070. The van der Waals surface area contributed by atoms with E-state index in [9.17, 15) is 9.59 Å². The molecule has 146 valence electrons. The van der Waals surface area contributed by atoms with Gasteiger partial charge in [-0.3, -0.25) is 14.5 Å². The molecule has 6 heteroatoms. The molecule has 1 atom stereocenters. The molecule has 4 rings (SSSR count). The maximum absolute atomic E-state index is 12.6. The van der Waals surface area contributed by atoms with Crippen LogP contribution in [0, 0.1) is 6.92 Å². The molecule has 2 amide bonds. The smallest absolute Gasteiger partial charge is 0.255 e. The number of nitrogens with zero attached hydrogens (tertiary/aromatic N) is 1. The fourth-order valence-corrected chi connectivity index (χ4v) is 4.73. The number of nitrogens with one attached hydrogen (secondary N) is 1. The minimum Gasteiger partial charge on any atom is -0.322 e. The third-order valence-corrected chi connectivity index (χ3v) is 6.42. The molecule has 0 aliphatic carbocycles. The van der Waals surface area contributed by atoms with E-state index in [0.717, 1.165) is 21.3 Å². The van der Waals surface area contributed by atoms with Crippen molar-refractivity contribution in [2.75, 3.05) is 16.0 Å². The molecule has 1 heterocycles. The highest BCUT2D eigenvalue weighted by atomic mass is 79.9. The lowest BCUT2D eigenvalue weighted by atomic mass is 10.1. The lowest BCUT2D eigenvalue weighted by Crippen LogP contribution is -2.27. The average Bonchev–Trinajstić information content (AvgIpc) is 3.10. The maximum atomic E-state index is 12.6. The molecule has 1 unspecified atom stereocenters. The molecule has 0 bridgehead atoms. The molecule has 0 saturated carbocycles. The lowest BCUT2D eigenvalue weighted by molar-refractivity contribution is -0.115. The normalized spacial score (nSPS) is 16.1. The SMILES string of the molecule is Cc1cccc(N2C(=O)CSC2c2cccc(NC(=O)c3ccc(Br)cc3)c2)c1. The summed E-state index contributed by atoms with van der Waals surface area (Å²) in [5, 5.41) is 2.83. The molecular weight excluding hydrogens is 448 g/mol. The summed E-state index contributed by atoms with van der Waals surface area (Å²) < 4.78 is 0.926. The quantitative estimate of drug-likeness (QED) is 0.529. The average molecular weight is 467 g/mol. The molecular formula is C23H19BrN2O2S. The van der Waals surface area contributed by atoms with E-state index in [0.29, 0.717) is 17.0 Å². The van der Waals surface area contributed by atoms with Gasteiger partial charge < -0.3 is 5.32 Å². The number of hydrogen-bond donors (Lipinski definition) is 1. The third-order valence-electron chi connectivity index (χ3n) is 4.68. The van der Waals surface area contributed by atoms with Gasteiger partial charge in [-0.2, -0.15) is 0 Å². The number of carbonyl (C=O) groups excluding carboxylic acids is 2. The highest BCUT2D eigenvalue weighted by molar-refractivity contribution is 9.10. The Kier molecular flexibility index (Phi) is 5.74. The first-order chi connectivity index (χ1) is 14.0. The first kappa shape index (κ1) is 19.7. The molecule has 1 fully saturated rings. The summed E-state index contributed by atoms with van der Waals surface area (Å²) in [5.41, 5.74) is 4.29. The summed E-state index contributed by atoms with van der Waals surface area (Å²) in [4.78, 5) is 27.0. The van der Waals surface area contributed by atoms with Crippen LogP contribution < -0.4 is 10.2 Å². The van der Waals surface area contributed by atoms with E-state index in [1.807, 2.05) is 72.5 Å². The molecule has 29 heavy (non-hydrogen) atoms. The van der Waals surface area contributed by atoms with Gasteiger partial charge in [0.15, 0.2) is 0 Å². The minimum atomic E-state index is -0.166. The summed E-state index contributed by atoms with van der Waals surface area (Å²) in [6.45, 7) is 2.02. The predicted molar refractivity (Wildman–Crippen MR) is 122 cm³/mol. The molecule has 1 saturated heterocycles. The molecule has 1 aliphatic heterocycles. The van der Waals surface area contributed by atoms with Gasteiger partial charge in [-0.25, -0.2) is 0 Å². The highest BCUT2D eigenvalue weighted by Gasteiger charge is 2.34. The number of anilines is 2. The van der Waals surface area contributed by atoms with Crippen LogP contribution >= 0.6 is 27.7 Å². The van der Waals surface area contributed by atoms with Gasteiger partial charge in [0.2, 0.25) is 5.91 Å². The van der Waals surface area contributed by atoms with E-state index in [4.69, 9.17) is 0 Å². The standard InChI is InChI=1S/C23H19BrN2O2S/c1-15-4-2-7-20(12-15)26-21(27)14-29-23(26)17-5-3-6-19(13-17)25-22(28)16-8-10-18(24)11-9-16/h2-13,23H,14H2,1H3,(H,25,28). The number of carbonyl (C=O) groups is 2. The predicted octanol–water partition coefficient (Wildman–Crippen LogP) is 5.79. The number of halogens is 1. The molecule has 1 aliphatic rings. The van der Waals surface area contributed by atoms with Crippen molar-refractivity contribution in [3.05, 3.63) is 94.0 Å².